The molecule has 0 aliphatic carbocycles. The van der Waals surface area contributed by atoms with E-state index in [1.54, 1.807) is 42.4 Å². The zero-order valence-corrected chi connectivity index (χ0v) is 16.0. The molecule has 0 aliphatic rings. The van der Waals surface area contributed by atoms with Crippen LogP contribution in [0.5, 0.6) is 5.75 Å². The summed E-state index contributed by atoms with van der Waals surface area (Å²) in [4.78, 5) is 20.1. The van der Waals surface area contributed by atoms with Crippen molar-refractivity contribution in [2.75, 3.05) is 23.1 Å². The number of ether oxygens (including phenoxy) is 1. The summed E-state index contributed by atoms with van der Waals surface area (Å²) >= 11 is 6.24. The van der Waals surface area contributed by atoms with Gasteiger partial charge in [-0.1, -0.05) is 18.2 Å². The van der Waals surface area contributed by atoms with E-state index in [1.807, 2.05) is 7.05 Å². The highest BCUT2D eigenvalue weighted by Gasteiger charge is 2.11. The number of nitrogens with one attached hydrogen (secondary N) is 3. The predicted octanol–water partition coefficient (Wildman–Crippen LogP) is 3.48. The average Bonchev–Trinajstić information content (AvgIpc) is 3.09. The molecule has 0 unspecified atom stereocenters. The number of hydrogen-bond donors (Lipinski definition) is 3. The molecule has 0 saturated heterocycles. The Kier molecular flexibility index (Phi) is 5.75. The fraction of sp³-hybridized carbons (Fsp3) is 0.111. The zero-order valence-electron chi connectivity index (χ0n) is 15.2. The van der Waals surface area contributed by atoms with Crippen LogP contribution in [0.1, 0.15) is 0 Å². The molecular weight excluding hydrogens is 382 g/mol. The summed E-state index contributed by atoms with van der Waals surface area (Å²) in [5.74, 6) is 0.940. The molecule has 28 heavy (non-hydrogen) atoms. The van der Waals surface area contributed by atoms with Crippen molar-refractivity contribution in [3.63, 3.8) is 0 Å². The summed E-state index contributed by atoms with van der Waals surface area (Å²) in [6, 6.07) is 5.13. The van der Waals surface area contributed by atoms with Crippen LogP contribution in [-0.2, 0) is 11.8 Å². The van der Waals surface area contributed by atoms with Crippen LogP contribution in [0.3, 0.4) is 0 Å². The van der Waals surface area contributed by atoms with Gasteiger partial charge in [0.25, 0.3) is 0 Å². The van der Waals surface area contributed by atoms with Crippen LogP contribution < -0.4 is 20.7 Å². The monoisotopic (exact) mass is 399 g/mol. The number of nitrogens with zero attached hydrogens (tertiary/aromatic N) is 4. The van der Waals surface area contributed by atoms with Gasteiger partial charge in [0.15, 0.2) is 5.82 Å². The second-order valence-electron chi connectivity index (χ2n) is 5.65. The maximum atomic E-state index is 11.5. The van der Waals surface area contributed by atoms with Gasteiger partial charge in [0.2, 0.25) is 11.9 Å². The lowest BCUT2D eigenvalue weighted by Crippen LogP contribution is -2.08. The molecule has 2 aromatic heterocycles. The van der Waals surface area contributed by atoms with Crippen molar-refractivity contribution >= 4 is 46.3 Å². The first kappa shape index (κ1) is 19.2. The first-order valence-electron chi connectivity index (χ1n) is 8.15. The van der Waals surface area contributed by atoms with E-state index in [2.05, 4.69) is 37.6 Å². The molecule has 3 aromatic rings. The van der Waals surface area contributed by atoms with Crippen molar-refractivity contribution in [3.8, 4) is 5.75 Å². The summed E-state index contributed by atoms with van der Waals surface area (Å²) in [7, 11) is 3.35. The summed E-state index contributed by atoms with van der Waals surface area (Å²) < 4.78 is 7.02. The Morgan fingerprint density at radius 2 is 2.11 bits per heavy atom. The Balaban J connectivity index is 1.87. The van der Waals surface area contributed by atoms with Gasteiger partial charge in [-0.2, -0.15) is 10.1 Å². The Labute approximate surface area is 166 Å². The number of carbonyl (C=O) groups excluding carboxylic acids is 1. The molecule has 0 atom stereocenters. The van der Waals surface area contributed by atoms with E-state index in [9.17, 15) is 4.79 Å². The number of methoxy groups -OCH3 is 1. The summed E-state index contributed by atoms with van der Waals surface area (Å²) in [5.41, 5.74) is 1.87. The van der Waals surface area contributed by atoms with E-state index in [1.165, 1.54) is 12.3 Å². The van der Waals surface area contributed by atoms with Crippen molar-refractivity contribution in [2.45, 2.75) is 0 Å². The lowest BCUT2D eigenvalue weighted by atomic mass is 10.2. The fourth-order valence-corrected chi connectivity index (χ4v) is 2.47. The van der Waals surface area contributed by atoms with Crippen molar-refractivity contribution < 1.29 is 9.53 Å². The smallest absolute Gasteiger partial charge is 0.247 e. The summed E-state index contributed by atoms with van der Waals surface area (Å²) in [6.45, 7) is 3.44. The molecule has 2 heterocycles. The lowest BCUT2D eigenvalue weighted by Gasteiger charge is -2.14. The minimum atomic E-state index is -0.320. The number of halogens is 1. The molecule has 144 valence electrons. The minimum absolute atomic E-state index is 0.319. The van der Waals surface area contributed by atoms with Crippen molar-refractivity contribution in [2.24, 2.45) is 7.05 Å². The van der Waals surface area contributed by atoms with Gasteiger partial charge in [0, 0.05) is 18.9 Å². The minimum Gasteiger partial charge on any atom is -0.495 e. The van der Waals surface area contributed by atoms with E-state index in [0.29, 0.717) is 33.9 Å². The summed E-state index contributed by atoms with van der Waals surface area (Å²) in [5, 5.41) is 13.2. The largest absolute Gasteiger partial charge is 0.495 e. The van der Waals surface area contributed by atoms with Crippen LogP contribution in [0.25, 0.3) is 0 Å². The van der Waals surface area contributed by atoms with Gasteiger partial charge in [0.05, 0.1) is 30.9 Å². The van der Waals surface area contributed by atoms with E-state index in [4.69, 9.17) is 16.3 Å². The number of aryl methyl sites for hydroxylation is 1. The Morgan fingerprint density at radius 3 is 2.79 bits per heavy atom. The fourth-order valence-electron chi connectivity index (χ4n) is 2.33. The van der Waals surface area contributed by atoms with Gasteiger partial charge < -0.3 is 20.7 Å². The first-order chi connectivity index (χ1) is 13.5. The third-order valence-electron chi connectivity index (χ3n) is 3.61. The normalized spacial score (nSPS) is 10.2. The summed E-state index contributed by atoms with van der Waals surface area (Å²) in [6.07, 6.45) is 6.11. The van der Waals surface area contributed by atoms with Crippen molar-refractivity contribution in [3.05, 3.63) is 54.5 Å². The van der Waals surface area contributed by atoms with Crippen molar-refractivity contribution in [1.82, 2.24) is 19.7 Å². The Hall–Kier alpha value is -3.59. The number of anilines is 5. The standard InChI is InChI=1S/C18H18ClN7O2/c1-4-16(27)22-11-5-6-15(28-3)14(7-11)24-17-13(19)9-20-18(25-17)23-12-8-21-26(2)10-12/h4-10H,1H2,2-3H3,(H,22,27)(H2,20,23,24,25). The van der Waals surface area contributed by atoms with Crippen molar-refractivity contribution in [1.29, 1.82) is 0 Å². The zero-order chi connectivity index (χ0) is 20.1. The van der Waals surface area contributed by atoms with E-state index >= 15 is 0 Å². The SMILES string of the molecule is C=CC(=O)Nc1ccc(OC)c(Nc2nc(Nc3cnn(C)c3)ncc2Cl)c1. The van der Waals surface area contributed by atoms with E-state index in [-0.39, 0.29) is 5.91 Å². The Bertz CT molecular complexity index is 1020. The van der Waals surface area contributed by atoms with Crippen LogP contribution in [0.15, 0.2) is 49.4 Å². The molecule has 0 saturated carbocycles. The van der Waals surface area contributed by atoms with Gasteiger partial charge in [-0.25, -0.2) is 4.98 Å². The number of rotatable bonds is 7. The highest BCUT2D eigenvalue weighted by atomic mass is 35.5. The molecule has 10 heteroatoms. The number of amides is 1. The molecule has 1 aromatic carbocycles. The molecule has 0 radical (unpaired) electrons. The number of aromatic nitrogens is 4. The number of benzene rings is 1. The maximum absolute atomic E-state index is 11.5. The molecule has 0 fully saturated rings. The molecular formula is C18H18ClN7O2. The van der Waals surface area contributed by atoms with E-state index < -0.39 is 0 Å². The van der Waals surface area contributed by atoms with Gasteiger partial charge >= 0.3 is 0 Å². The Morgan fingerprint density at radius 1 is 1.29 bits per heavy atom. The lowest BCUT2D eigenvalue weighted by molar-refractivity contribution is -0.111. The van der Waals surface area contributed by atoms with Crippen LogP contribution in [0.4, 0.5) is 28.8 Å². The average molecular weight is 400 g/mol. The number of hydrogen-bond acceptors (Lipinski definition) is 7. The van der Waals surface area contributed by atoms with Crippen LogP contribution in [0.2, 0.25) is 5.02 Å². The van der Waals surface area contributed by atoms with Crippen LogP contribution >= 0.6 is 11.6 Å². The molecule has 3 rings (SSSR count). The van der Waals surface area contributed by atoms with Gasteiger partial charge in [0.1, 0.15) is 10.8 Å². The van der Waals surface area contributed by atoms with Crippen LogP contribution in [0, 0.1) is 0 Å². The molecule has 3 N–H and O–H groups in total. The van der Waals surface area contributed by atoms with E-state index in [0.717, 1.165) is 5.69 Å². The highest BCUT2D eigenvalue weighted by molar-refractivity contribution is 6.33. The third-order valence-corrected chi connectivity index (χ3v) is 3.89. The van der Waals surface area contributed by atoms with Gasteiger partial charge in [-0.3, -0.25) is 9.48 Å². The first-order valence-corrected chi connectivity index (χ1v) is 8.53. The highest BCUT2D eigenvalue weighted by Crippen LogP contribution is 2.32. The predicted molar refractivity (Wildman–Crippen MR) is 109 cm³/mol. The molecule has 0 bridgehead atoms. The van der Waals surface area contributed by atoms with Gasteiger partial charge in [-0.15, -0.1) is 0 Å². The molecule has 9 nitrogen and oxygen atoms in total. The second-order valence-corrected chi connectivity index (χ2v) is 6.06. The molecule has 0 aliphatic heterocycles. The molecule has 0 spiro atoms. The number of carbonyl (C=O) groups is 1. The second kappa shape index (κ2) is 8.40. The van der Waals surface area contributed by atoms with Crippen LogP contribution in [-0.4, -0.2) is 32.8 Å². The quantitative estimate of drug-likeness (QED) is 0.522. The van der Waals surface area contributed by atoms with Gasteiger partial charge in [-0.05, 0) is 24.3 Å². The molecule has 1 amide bonds. The maximum Gasteiger partial charge on any atom is 0.247 e. The third kappa shape index (κ3) is 4.57. The topological polar surface area (TPSA) is 106 Å².